The summed E-state index contributed by atoms with van der Waals surface area (Å²) in [5.74, 6) is 0.769. The monoisotopic (exact) mass is 512 g/mol. The normalized spacial score (nSPS) is 12.3. The number of hydrogen-bond acceptors (Lipinski definition) is 8. The molecule has 1 atom stereocenters. The van der Waals surface area contributed by atoms with Gasteiger partial charge >= 0.3 is 5.69 Å². The molecule has 0 radical (unpaired) electrons. The third-order valence-electron chi connectivity index (χ3n) is 6.09. The van der Waals surface area contributed by atoms with Crippen LogP contribution in [0.25, 0.3) is 33.5 Å². The average molecular weight is 513 g/mol. The van der Waals surface area contributed by atoms with E-state index in [1.54, 1.807) is 36.4 Å². The van der Waals surface area contributed by atoms with Crippen LogP contribution in [0.4, 0.5) is 5.69 Å². The van der Waals surface area contributed by atoms with E-state index in [9.17, 15) is 14.9 Å². The van der Waals surface area contributed by atoms with Gasteiger partial charge in [-0.2, -0.15) is 9.78 Å². The van der Waals surface area contributed by atoms with E-state index in [-0.39, 0.29) is 29.1 Å². The summed E-state index contributed by atoms with van der Waals surface area (Å²) < 4.78 is 18.3. The third kappa shape index (κ3) is 4.59. The van der Waals surface area contributed by atoms with Crippen molar-refractivity contribution in [1.82, 2.24) is 9.66 Å². The van der Waals surface area contributed by atoms with E-state index in [1.165, 1.54) is 19.4 Å². The van der Waals surface area contributed by atoms with E-state index >= 15 is 0 Å². The van der Waals surface area contributed by atoms with E-state index in [0.717, 1.165) is 10.1 Å². The van der Waals surface area contributed by atoms with Crippen LogP contribution in [0.3, 0.4) is 0 Å². The summed E-state index contributed by atoms with van der Waals surface area (Å²) in [4.78, 5) is 29.5. The van der Waals surface area contributed by atoms with Crippen LogP contribution >= 0.6 is 0 Å². The first-order chi connectivity index (χ1) is 18.4. The fourth-order valence-electron chi connectivity index (χ4n) is 3.98. The second-order valence-corrected chi connectivity index (χ2v) is 8.63. The van der Waals surface area contributed by atoms with Gasteiger partial charge in [-0.1, -0.05) is 37.3 Å². The molecule has 2 aromatic heterocycles. The predicted octanol–water partition coefficient (Wildman–Crippen LogP) is 5.79. The van der Waals surface area contributed by atoms with Crippen LogP contribution in [0.15, 0.2) is 81.0 Å². The molecule has 38 heavy (non-hydrogen) atoms. The number of nitro benzene ring substituents is 1. The Labute approximate surface area is 216 Å². The van der Waals surface area contributed by atoms with Crippen LogP contribution < -0.4 is 15.0 Å². The van der Waals surface area contributed by atoms with Crippen LogP contribution in [0.1, 0.15) is 25.8 Å². The number of rotatable bonds is 8. The zero-order chi connectivity index (χ0) is 26.8. The van der Waals surface area contributed by atoms with Gasteiger partial charge in [0, 0.05) is 17.0 Å². The molecular formula is C28H24N4O6. The summed E-state index contributed by atoms with van der Waals surface area (Å²) in [5, 5.41) is 17.5. The SMILES string of the molecule is CC[C@H](C)Oc1c(OC)cc(C=Nn2c(-c3cc4ccccc4o3)nc3ccccc3c2=O)cc1[N+](=O)[O-]. The van der Waals surface area contributed by atoms with Crippen molar-refractivity contribution in [2.75, 3.05) is 7.11 Å². The molecule has 0 aliphatic rings. The molecule has 10 nitrogen and oxygen atoms in total. The van der Waals surface area contributed by atoms with Crippen molar-refractivity contribution in [3.8, 4) is 23.1 Å². The molecule has 0 aliphatic carbocycles. The van der Waals surface area contributed by atoms with Crippen molar-refractivity contribution >= 4 is 33.8 Å². The summed E-state index contributed by atoms with van der Waals surface area (Å²) in [6.45, 7) is 3.73. The van der Waals surface area contributed by atoms with E-state index in [4.69, 9.17) is 13.9 Å². The molecule has 0 saturated carbocycles. The molecule has 0 spiro atoms. The van der Waals surface area contributed by atoms with Crippen LogP contribution in [-0.4, -0.2) is 34.0 Å². The molecule has 0 aliphatic heterocycles. The molecule has 3 aromatic carbocycles. The molecular weight excluding hydrogens is 488 g/mol. The number of methoxy groups -OCH3 is 1. The van der Waals surface area contributed by atoms with E-state index < -0.39 is 10.5 Å². The number of ether oxygens (including phenoxy) is 2. The number of para-hydroxylation sites is 2. The summed E-state index contributed by atoms with van der Waals surface area (Å²) in [7, 11) is 1.40. The Morgan fingerprint density at radius 2 is 1.92 bits per heavy atom. The minimum absolute atomic E-state index is 0.0384. The topological polar surface area (TPSA) is 122 Å². The van der Waals surface area contributed by atoms with Gasteiger partial charge in [0.15, 0.2) is 11.5 Å². The largest absolute Gasteiger partial charge is 0.493 e. The quantitative estimate of drug-likeness (QED) is 0.147. The van der Waals surface area contributed by atoms with Gasteiger partial charge in [0.2, 0.25) is 11.6 Å². The maximum Gasteiger partial charge on any atom is 0.315 e. The summed E-state index contributed by atoms with van der Waals surface area (Å²) >= 11 is 0. The first-order valence-electron chi connectivity index (χ1n) is 12.0. The number of benzene rings is 3. The molecule has 10 heteroatoms. The predicted molar refractivity (Wildman–Crippen MR) is 144 cm³/mol. The number of fused-ring (bicyclic) bond motifs is 2. The highest BCUT2D eigenvalue weighted by atomic mass is 16.6. The van der Waals surface area contributed by atoms with Gasteiger partial charge in [-0.05, 0) is 43.7 Å². The Morgan fingerprint density at radius 3 is 2.66 bits per heavy atom. The standard InChI is InChI=1S/C28H24N4O6/c1-4-17(2)37-26-22(32(34)35)13-18(14-24(26)36-3)16-29-31-27(25-15-19-9-5-8-12-23(19)38-25)30-21-11-7-6-10-20(21)28(31)33/h5-17H,4H2,1-3H3/t17-/m0/s1. The number of furan rings is 1. The number of nitro groups is 1. The molecule has 192 valence electrons. The third-order valence-corrected chi connectivity index (χ3v) is 6.09. The first kappa shape index (κ1) is 24.7. The molecule has 5 rings (SSSR count). The molecule has 0 fully saturated rings. The van der Waals surface area contributed by atoms with Gasteiger partial charge in [-0.25, -0.2) is 4.98 Å². The van der Waals surface area contributed by atoms with E-state index in [2.05, 4.69) is 10.1 Å². The summed E-state index contributed by atoms with van der Waals surface area (Å²) in [6, 6.07) is 19.0. The molecule has 0 saturated heterocycles. The molecule has 0 amide bonds. The Kier molecular flexibility index (Phi) is 6.61. The number of aromatic nitrogens is 2. The molecule has 0 N–H and O–H groups in total. The average Bonchev–Trinajstić information content (AvgIpc) is 3.37. The Balaban J connectivity index is 1.67. The summed E-state index contributed by atoms with van der Waals surface area (Å²) in [6.07, 6.45) is 1.74. The van der Waals surface area contributed by atoms with Crippen molar-refractivity contribution in [3.05, 3.63) is 92.8 Å². The zero-order valence-corrected chi connectivity index (χ0v) is 21.0. The van der Waals surface area contributed by atoms with Gasteiger partial charge in [0.25, 0.3) is 5.56 Å². The smallest absolute Gasteiger partial charge is 0.315 e. The highest BCUT2D eigenvalue weighted by Gasteiger charge is 2.24. The highest BCUT2D eigenvalue weighted by Crippen LogP contribution is 2.39. The summed E-state index contributed by atoms with van der Waals surface area (Å²) in [5.41, 5.74) is 0.773. The minimum atomic E-state index is -0.541. The Hall–Kier alpha value is -4.99. The molecule has 0 bridgehead atoms. The lowest BCUT2D eigenvalue weighted by molar-refractivity contribution is -0.386. The van der Waals surface area contributed by atoms with Crippen molar-refractivity contribution in [2.45, 2.75) is 26.4 Å². The zero-order valence-electron chi connectivity index (χ0n) is 21.0. The second kappa shape index (κ2) is 10.2. The molecule has 2 heterocycles. The van der Waals surface area contributed by atoms with Crippen LogP contribution in [0.2, 0.25) is 0 Å². The molecule has 5 aromatic rings. The fraction of sp³-hybridized carbons (Fsp3) is 0.179. The number of nitrogens with zero attached hydrogens (tertiary/aromatic N) is 4. The molecule has 0 unspecified atom stereocenters. The van der Waals surface area contributed by atoms with Crippen molar-refractivity contribution in [1.29, 1.82) is 0 Å². The lowest BCUT2D eigenvalue weighted by Crippen LogP contribution is -2.20. The Morgan fingerprint density at radius 1 is 1.16 bits per heavy atom. The van der Waals surface area contributed by atoms with E-state index in [1.807, 2.05) is 38.1 Å². The van der Waals surface area contributed by atoms with Gasteiger partial charge in [-0.3, -0.25) is 14.9 Å². The van der Waals surface area contributed by atoms with Crippen molar-refractivity contribution in [2.24, 2.45) is 5.10 Å². The van der Waals surface area contributed by atoms with Crippen LogP contribution in [-0.2, 0) is 0 Å². The maximum atomic E-state index is 13.5. The Bertz CT molecular complexity index is 1720. The van der Waals surface area contributed by atoms with E-state index in [0.29, 0.717) is 34.2 Å². The van der Waals surface area contributed by atoms with Gasteiger partial charge < -0.3 is 13.9 Å². The first-order valence-corrected chi connectivity index (χ1v) is 12.0. The fourth-order valence-corrected chi connectivity index (χ4v) is 3.98. The van der Waals surface area contributed by atoms with Gasteiger partial charge in [-0.15, -0.1) is 0 Å². The lowest BCUT2D eigenvalue weighted by Gasteiger charge is -2.16. The van der Waals surface area contributed by atoms with Gasteiger partial charge in [0.05, 0.1) is 35.3 Å². The van der Waals surface area contributed by atoms with Crippen LogP contribution in [0.5, 0.6) is 11.5 Å². The minimum Gasteiger partial charge on any atom is -0.493 e. The number of hydrogen-bond donors (Lipinski definition) is 0. The maximum absolute atomic E-state index is 13.5. The van der Waals surface area contributed by atoms with Crippen LogP contribution in [0, 0.1) is 10.1 Å². The van der Waals surface area contributed by atoms with Crippen molar-refractivity contribution in [3.63, 3.8) is 0 Å². The van der Waals surface area contributed by atoms with Crippen molar-refractivity contribution < 1.29 is 18.8 Å². The second-order valence-electron chi connectivity index (χ2n) is 8.63. The van der Waals surface area contributed by atoms with Gasteiger partial charge in [0.1, 0.15) is 5.58 Å². The lowest BCUT2D eigenvalue weighted by atomic mass is 10.1. The highest BCUT2D eigenvalue weighted by molar-refractivity contribution is 5.85.